The lowest BCUT2D eigenvalue weighted by atomic mass is 10.0. The number of nitrogens with two attached hydrogens (primary N) is 1. The van der Waals surface area contributed by atoms with E-state index in [1.54, 1.807) is 17.1 Å². The monoisotopic (exact) mass is 629 g/mol. The largest absolute Gasteiger partial charge is 0.543 e. The van der Waals surface area contributed by atoms with E-state index in [0.29, 0.717) is 47.3 Å². The van der Waals surface area contributed by atoms with Crippen molar-refractivity contribution in [2.45, 2.75) is 23.9 Å². The number of nitrogens with zero attached hydrogens (tertiary/aromatic N) is 5. The number of carboxylic acids is 1. The van der Waals surface area contributed by atoms with Crippen LogP contribution in [0.1, 0.15) is 12.1 Å². The van der Waals surface area contributed by atoms with Crippen molar-refractivity contribution in [2.24, 2.45) is 11.1 Å². The fourth-order valence-electron chi connectivity index (χ4n) is 6.07. The number of quaternary nitrogens is 1. The van der Waals surface area contributed by atoms with Crippen LogP contribution in [0.5, 0.6) is 0 Å². The first-order valence-electron chi connectivity index (χ1n) is 11.7. The zero-order valence-corrected chi connectivity index (χ0v) is 25.4. The van der Waals surface area contributed by atoms with Gasteiger partial charge in [0, 0.05) is 29.2 Å². The number of hydrogen-bond acceptors (Lipinski definition) is 11. The Labute approximate surface area is 249 Å². The standard InChI is InChI=1S/C22H31N7O4S2.3ClH/c1-27-5-4-12-7-29(2,9-16(12)27)8-13-10-34-20-14(6-28(20)18(13)21(31)32)24-19(30)17(26-33-3)15-11-35-22(23)25-15;;;/h11-12,14,16,20H,4-10H2,1-3H3,(H3-,23,24,25,30,31,32);3*1H/b26-17-;;;/t12?,14-,16?,20-,29?;;;/m1.../s1. The highest BCUT2D eigenvalue weighted by atomic mass is 35.5. The number of nitrogens with one attached hydrogen (secondary N) is 1. The molecule has 0 bridgehead atoms. The second-order valence-electron chi connectivity index (χ2n) is 10.1. The molecule has 3 fully saturated rings. The number of carboxylic acid groups (broad SMARTS) is 1. The van der Waals surface area contributed by atoms with Gasteiger partial charge in [-0.05, 0) is 20.0 Å². The van der Waals surface area contributed by atoms with Crippen LogP contribution in [0.25, 0.3) is 0 Å². The molecule has 1 aromatic rings. The lowest BCUT2D eigenvalue weighted by Gasteiger charge is -2.53. The average Bonchev–Trinajstić information content (AvgIpc) is 3.45. The van der Waals surface area contributed by atoms with Gasteiger partial charge in [0.15, 0.2) is 10.8 Å². The minimum absolute atomic E-state index is 0. The molecule has 3 N–H and O–H groups in total. The lowest BCUT2D eigenvalue weighted by Crippen LogP contribution is -2.68. The summed E-state index contributed by atoms with van der Waals surface area (Å²) in [6.07, 6.45) is 1.22. The summed E-state index contributed by atoms with van der Waals surface area (Å²) in [4.78, 5) is 38.4. The Morgan fingerprint density at radius 1 is 1.34 bits per heavy atom. The van der Waals surface area contributed by atoms with Crippen molar-refractivity contribution in [1.29, 1.82) is 0 Å². The number of likely N-dealkylation sites (N-methyl/N-ethyl adjacent to an activating group) is 2. The molecule has 16 heteroatoms. The summed E-state index contributed by atoms with van der Waals surface area (Å²) in [5, 5.41) is 20.8. The van der Waals surface area contributed by atoms with Crippen LogP contribution < -0.4 is 16.2 Å². The maximum atomic E-state index is 12.9. The highest BCUT2D eigenvalue weighted by molar-refractivity contribution is 8.00. The molecular formula is C22H34Cl3N7O4S2. The van der Waals surface area contributed by atoms with Gasteiger partial charge in [0.25, 0.3) is 5.91 Å². The van der Waals surface area contributed by atoms with E-state index in [4.69, 9.17) is 10.6 Å². The number of likely N-dealkylation sites (tertiary alicyclic amines) is 2. The minimum atomic E-state index is -1.14. The highest BCUT2D eigenvalue weighted by Gasteiger charge is 2.50. The normalized spacial score (nSPS) is 30.2. The molecule has 0 saturated carbocycles. The van der Waals surface area contributed by atoms with Gasteiger partial charge in [-0.25, -0.2) is 4.98 Å². The average molecular weight is 631 g/mol. The predicted molar refractivity (Wildman–Crippen MR) is 154 cm³/mol. The molecule has 1 aromatic heterocycles. The van der Waals surface area contributed by atoms with Gasteiger partial charge >= 0.3 is 0 Å². The van der Waals surface area contributed by atoms with Gasteiger partial charge in [-0.1, -0.05) is 5.16 Å². The number of hydrogen-bond donors (Lipinski definition) is 2. The number of oxime groups is 1. The summed E-state index contributed by atoms with van der Waals surface area (Å²) < 4.78 is 0.860. The van der Waals surface area contributed by atoms with Crippen LogP contribution >= 0.6 is 60.3 Å². The van der Waals surface area contributed by atoms with Gasteiger partial charge in [-0.15, -0.1) is 60.3 Å². The number of fused-ring (bicyclic) bond motifs is 2. The van der Waals surface area contributed by atoms with Crippen molar-refractivity contribution in [1.82, 2.24) is 20.1 Å². The lowest BCUT2D eigenvalue weighted by molar-refractivity contribution is -0.895. The second-order valence-corrected chi connectivity index (χ2v) is 12.1. The number of nitrogen functional groups attached to an aromatic ring is 1. The van der Waals surface area contributed by atoms with Crippen molar-refractivity contribution in [3.63, 3.8) is 0 Å². The molecule has 214 valence electrons. The summed E-state index contributed by atoms with van der Waals surface area (Å²) in [5.74, 6) is -0.284. The SMILES string of the molecule is CO/N=C(\C(=O)N[C@@H]1CN2C(C(=O)[O-])=C(C[N+]3(C)CC4CCN(C)C4C3)CS[C@H]12)c1csc(N)n1.Cl.Cl.Cl. The van der Waals surface area contributed by atoms with Crippen LogP contribution in [0.15, 0.2) is 21.8 Å². The Hall–Kier alpha value is -1.48. The number of anilines is 1. The fourth-order valence-corrected chi connectivity index (χ4v) is 7.97. The van der Waals surface area contributed by atoms with Crippen LogP contribution in [-0.4, -0.2) is 114 Å². The van der Waals surface area contributed by atoms with Crippen LogP contribution in [0.2, 0.25) is 0 Å². The van der Waals surface area contributed by atoms with Gasteiger partial charge in [-0.2, -0.15) is 0 Å². The zero-order valence-electron chi connectivity index (χ0n) is 21.3. The second kappa shape index (κ2) is 12.8. The summed E-state index contributed by atoms with van der Waals surface area (Å²) in [6, 6.07) is 0.349. The van der Waals surface area contributed by atoms with Gasteiger partial charge in [0.05, 0.1) is 49.3 Å². The van der Waals surface area contributed by atoms with Crippen LogP contribution in [0.4, 0.5) is 5.13 Å². The van der Waals surface area contributed by atoms with Crippen molar-refractivity contribution in [3.8, 4) is 0 Å². The quantitative estimate of drug-likeness (QED) is 0.242. The van der Waals surface area contributed by atoms with E-state index < -0.39 is 11.9 Å². The summed E-state index contributed by atoms with van der Waals surface area (Å²) >= 11 is 2.87. The van der Waals surface area contributed by atoms with E-state index in [0.717, 1.165) is 29.7 Å². The van der Waals surface area contributed by atoms with Crippen molar-refractivity contribution in [2.75, 3.05) is 65.4 Å². The number of thioether (sulfide) groups is 1. The molecule has 11 nitrogen and oxygen atoms in total. The van der Waals surface area contributed by atoms with E-state index >= 15 is 0 Å². The Balaban J connectivity index is 0.00000169. The topological polar surface area (TPSA) is 136 Å². The van der Waals surface area contributed by atoms with Gasteiger partial charge < -0.3 is 35.2 Å². The molecule has 4 aliphatic rings. The molecule has 38 heavy (non-hydrogen) atoms. The first kappa shape index (κ1) is 32.7. The molecule has 0 aliphatic carbocycles. The third-order valence-corrected chi connectivity index (χ3v) is 9.72. The molecule has 3 saturated heterocycles. The van der Waals surface area contributed by atoms with E-state index in [1.165, 1.54) is 24.9 Å². The number of carbonyl (C=O) groups is 2. The molecular weight excluding hydrogens is 597 g/mol. The maximum absolute atomic E-state index is 12.9. The van der Waals surface area contributed by atoms with E-state index in [2.05, 4.69) is 34.5 Å². The third-order valence-electron chi connectivity index (χ3n) is 7.61. The van der Waals surface area contributed by atoms with Crippen LogP contribution in [0.3, 0.4) is 0 Å². The minimum Gasteiger partial charge on any atom is -0.543 e. The maximum Gasteiger partial charge on any atom is 0.276 e. The highest BCUT2D eigenvalue weighted by Crippen LogP contribution is 2.41. The number of thiazole rings is 1. The van der Waals surface area contributed by atoms with E-state index in [1.807, 2.05) is 4.90 Å². The molecule has 5 heterocycles. The van der Waals surface area contributed by atoms with Crippen molar-refractivity contribution < 1.29 is 24.0 Å². The number of amides is 1. The Morgan fingerprint density at radius 2 is 2.08 bits per heavy atom. The summed E-state index contributed by atoms with van der Waals surface area (Å²) in [5.41, 5.74) is 7.30. The molecule has 5 rings (SSSR count). The van der Waals surface area contributed by atoms with Crippen LogP contribution in [0, 0.1) is 5.92 Å². The molecule has 5 atom stereocenters. The molecule has 0 spiro atoms. The Kier molecular flexibility index (Phi) is 11.0. The molecule has 0 aromatic carbocycles. The summed E-state index contributed by atoms with van der Waals surface area (Å²) in [6.45, 7) is 4.38. The fraction of sp³-hybridized carbons (Fsp3) is 0.636. The van der Waals surface area contributed by atoms with E-state index in [-0.39, 0.29) is 54.3 Å². The van der Waals surface area contributed by atoms with Gasteiger partial charge in [-0.3, -0.25) is 9.69 Å². The molecule has 3 unspecified atom stereocenters. The van der Waals surface area contributed by atoms with Crippen molar-refractivity contribution >= 4 is 83.0 Å². The Morgan fingerprint density at radius 3 is 2.68 bits per heavy atom. The van der Waals surface area contributed by atoms with Crippen LogP contribution in [-0.2, 0) is 14.4 Å². The first-order chi connectivity index (χ1) is 16.7. The van der Waals surface area contributed by atoms with Crippen molar-refractivity contribution in [3.05, 3.63) is 22.3 Å². The van der Waals surface area contributed by atoms with E-state index in [9.17, 15) is 14.7 Å². The van der Waals surface area contributed by atoms with Gasteiger partial charge in [0.1, 0.15) is 19.3 Å². The smallest absolute Gasteiger partial charge is 0.276 e. The van der Waals surface area contributed by atoms with Gasteiger partial charge in [0.2, 0.25) is 0 Å². The number of aliphatic carboxylic acids is 1. The Bertz CT molecular complexity index is 1110. The predicted octanol–water partition coefficient (Wildman–Crippen LogP) is -0.001000. The third kappa shape index (κ3) is 6.13. The number of aromatic nitrogens is 1. The first-order valence-corrected chi connectivity index (χ1v) is 13.6. The number of halogens is 3. The number of carbonyl (C=O) groups excluding carboxylic acids is 2. The molecule has 1 amide bonds. The zero-order chi connectivity index (χ0) is 24.9. The molecule has 0 radical (unpaired) electrons. The molecule has 4 aliphatic heterocycles. The number of rotatable bonds is 7. The summed E-state index contributed by atoms with van der Waals surface area (Å²) in [7, 11) is 5.79.